The summed E-state index contributed by atoms with van der Waals surface area (Å²) >= 11 is 0. The lowest BCUT2D eigenvalue weighted by Gasteiger charge is -2.27. The molecule has 0 aliphatic rings. The highest BCUT2D eigenvalue weighted by Crippen LogP contribution is 2.28. The summed E-state index contributed by atoms with van der Waals surface area (Å²) in [5, 5.41) is 28.8. The van der Waals surface area contributed by atoms with Crippen molar-refractivity contribution in [1.82, 2.24) is 4.90 Å². The van der Waals surface area contributed by atoms with Gasteiger partial charge in [0, 0.05) is 13.1 Å². The molecule has 1 unspecified atom stereocenters. The fraction of sp³-hybridized carbons (Fsp3) is 0.529. The third kappa shape index (κ3) is 5.14. The first-order chi connectivity index (χ1) is 10.0. The van der Waals surface area contributed by atoms with E-state index in [0.29, 0.717) is 19.6 Å². The van der Waals surface area contributed by atoms with Gasteiger partial charge in [-0.25, -0.2) is 0 Å². The number of aliphatic hydroxyl groups excluding tert-OH is 2. The molecule has 1 aromatic rings. The molecule has 0 spiro atoms. The van der Waals surface area contributed by atoms with Gasteiger partial charge in [0.05, 0.1) is 19.8 Å². The van der Waals surface area contributed by atoms with E-state index in [0.717, 1.165) is 5.56 Å². The predicted octanol–water partition coefficient (Wildman–Crippen LogP) is 0.820. The molecule has 0 amide bonds. The lowest BCUT2D eigenvalue weighted by Crippen LogP contribution is -2.32. The summed E-state index contributed by atoms with van der Waals surface area (Å²) in [5.41, 5.74) is -0.408. The van der Waals surface area contributed by atoms with Crippen molar-refractivity contribution in [2.45, 2.75) is 19.4 Å². The van der Waals surface area contributed by atoms with Gasteiger partial charge >= 0.3 is 0 Å². The molecule has 116 valence electrons. The van der Waals surface area contributed by atoms with Crippen molar-refractivity contribution in [2.24, 2.45) is 5.92 Å². The van der Waals surface area contributed by atoms with E-state index in [4.69, 9.17) is 10.2 Å². The summed E-state index contributed by atoms with van der Waals surface area (Å²) in [7, 11) is 0. The fourth-order valence-corrected chi connectivity index (χ4v) is 2.08. The first-order valence-corrected chi connectivity index (χ1v) is 7.26. The van der Waals surface area contributed by atoms with Crippen LogP contribution in [0.5, 0.6) is 0 Å². The SMILES string of the molecule is CC(C)C(O)(C#CCN(CCO)CCO)c1ccccc1. The van der Waals surface area contributed by atoms with Crippen LogP contribution in [-0.2, 0) is 5.60 Å². The summed E-state index contributed by atoms with van der Waals surface area (Å²) < 4.78 is 0. The molecule has 0 saturated carbocycles. The lowest BCUT2D eigenvalue weighted by molar-refractivity contribution is 0.0501. The van der Waals surface area contributed by atoms with Crippen LogP contribution in [0.15, 0.2) is 30.3 Å². The zero-order valence-corrected chi connectivity index (χ0v) is 12.8. The van der Waals surface area contributed by atoms with Crippen LogP contribution in [0.4, 0.5) is 0 Å². The van der Waals surface area contributed by atoms with Crippen LogP contribution in [0.3, 0.4) is 0 Å². The highest BCUT2D eigenvalue weighted by Gasteiger charge is 2.30. The van der Waals surface area contributed by atoms with Crippen molar-refractivity contribution < 1.29 is 15.3 Å². The molecule has 1 aromatic carbocycles. The standard InChI is InChI=1S/C17H25NO3/c1-15(2)17(21,16-7-4-3-5-8-16)9-6-10-18(11-13-19)12-14-20/h3-5,7-8,15,19-21H,10-14H2,1-2H3. The molecule has 21 heavy (non-hydrogen) atoms. The van der Waals surface area contributed by atoms with Crippen LogP contribution in [0.25, 0.3) is 0 Å². The Morgan fingerprint density at radius 2 is 1.67 bits per heavy atom. The van der Waals surface area contributed by atoms with Crippen molar-refractivity contribution in [3.05, 3.63) is 35.9 Å². The first-order valence-electron chi connectivity index (χ1n) is 7.26. The lowest BCUT2D eigenvalue weighted by atomic mass is 9.84. The minimum Gasteiger partial charge on any atom is -0.395 e. The van der Waals surface area contributed by atoms with Gasteiger partial charge in [0.2, 0.25) is 0 Å². The zero-order valence-electron chi connectivity index (χ0n) is 12.8. The van der Waals surface area contributed by atoms with E-state index in [2.05, 4.69) is 11.8 Å². The van der Waals surface area contributed by atoms with Gasteiger partial charge < -0.3 is 15.3 Å². The van der Waals surface area contributed by atoms with Crippen molar-refractivity contribution in [3.63, 3.8) is 0 Å². The molecular formula is C17H25NO3. The van der Waals surface area contributed by atoms with E-state index in [-0.39, 0.29) is 19.1 Å². The molecule has 3 N–H and O–H groups in total. The van der Waals surface area contributed by atoms with Gasteiger partial charge in [-0.1, -0.05) is 56.0 Å². The van der Waals surface area contributed by atoms with E-state index in [1.54, 1.807) is 0 Å². The summed E-state index contributed by atoms with van der Waals surface area (Å²) in [6.07, 6.45) is 0. The monoisotopic (exact) mass is 291 g/mol. The quantitative estimate of drug-likeness (QED) is 0.651. The Hall–Kier alpha value is -1.38. The number of benzene rings is 1. The van der Waals surface area contributed by atoms with E-state index in [1.165, 1.54) is 0 Å². The van der Waals surface area contributed by atoms with Crippen molar-refractivity contribution in [1.29, 1.82) is 0 Å². The van der Waals surface area contributed by atoms with Crippen LogP contribution in [0.1, 0.15) is 19.4 Å². The second-order valence-corrected chi connectivity index (χ2v) is 5.31. The number of hydrogen-bond acceptors (Lipinski definition) is 4. The molecule has 0 aromatic heterocycles. The molecular weight excluding hydrogens is 266 g/mol. The first kappa shape index (κ1) is 17.7. The van der Waals surface area contributed by atoms with Crippen molar-refractivity contribution in [3.8, 4) is 11.8 Å². The molecule has 4 nitrogen and oxygen atoms in total. The summed E-state index contributed by atoms with van der Waals surface area (Å²) in [4.78, 5) is 1.85. The minimum atomic E-state index is -1.19. The Bertz CT molecular complexity index is 458. The Morgan fingerprint density at radius 1 is 1.10 bits per heavy atom. The van der Waals surface area contributed by atoms with E-state index >= 15 is 0 Å². The van der Waals surface area contributed by atoms with Crippen LogP contribution in [-0.4, -0.2) is 53.1 Å². The second kappa shape index (κ2) is 8.81. The molecule has 0 saturated heterocycles. The van der Waals surface area contributed by atoms with Crippen LogP contribution < -0.4 is 0 Å². The topological polar surface area (TPSA) is 63.9 Å². The highest BCUT2D eigenvalue weighted by atomic mass is 16.3. The Balaban J connectivity index is 2.87. The van der Waals surface area contributed by atoms with Gasteiger partial charge in [-0.05, 0) is 11.5 Å². The van der Waals surface area contributed by atoms with Gasteiger partial charge in [-0.15, -0.1) is 0 Å². The summed E-state index contributed by atoms with van der Waals surface area (Å²) in [6, 6.07) is 9.41. The summed E-state index contributed by atoms with van der Waals surface area (Å²) in [5.74, 6) is 5.89. The number of nitrogens with zero attached hydrogens (tertiary/aromatic N) is 1. The van der Waals surface area contributed by atoms with Gasteiger partial charge in [-0.2, -0.15) is 0 Å². The Kier molecular flexibility index (Phi) is 7.41. The maximum absolute atomic E-state index is 10.8. The Morgan fingerprint density at radius 3 is 2.14 bits per heavy atom. The molecule has 0 heterocycles. The molecule has 0 aliphatic carbocycles. The zero-order chi connectivity index (χ0) is 15.7. The van der Waals surface area contributed by atoms with Gasteiger partial charge in [-0.3, -0.25) is 4.90 Å². The average molecular weight is 291 g/mol. The van der Waals surface area contributed by atoms with Crippen LogP contribution >= 0.6 is 0 Å². The van der Waals surface area contributed by atoms with Crippen LogP contribution in [0, 0.1) is 17.8 Å². The number of hydrogen-bond donors (Lipinski definition) is 3. The van der Waals surface area contributed by atoms with Gasteiger partial charge in [0.25, 0.3) is 0 Å². The molecule has 0 bridgehead atoms. The third-order valence-corrected chi connectivity index (χ3v) is 3.46. The summed E-state index contributed by atoms with van der Waals surface area (Å²) in [6.45, 7) is 5.23. The molecule has 1 rings (SSSR count). The molecule has 4 heteroatoms. The third-order valence-electron chi connectivity index (χ3n) is 3.46. The van der Waals surface area contributed by atoms with Crippen molar-refractivity contribution >= 4 is 0 Å². The number of rotatable bonds is 7. The number of aliphatic hydroxyl groups is 3. The molecule has 1 atom stereocenters. The maximum atomic E-state index is 10.8. The second-order valence-electron chi connectivity index (χ2n) is 5.31. The van der Waals surface area contributed by atoms with Gasteiger partial charge in [0.15, 0.2) is 5.60 Å². The maximum Gasteiger partial charge on any atom is 0.153 e. The van der Waals surface area contributed by atoms with Gasteiger partial charge in [0.1, 0.15) is 0 Å². The highest BCUT2D eigenvalue weighted by molar-refractivity contribution is 5.32. The minimum absolute atomic E-state index is 0.0226. The largest absolute Gasteiger partial charge is 0.395 e. The van der Waals surface area contributed by atoms with Crippen molar-refractivity contribution in [2.75, 3.05) is 32.8 Å². The van der Waals surface area contributed by atoms with E-state index in [9.17, 15) is 5.11 Å². The smallest absolute Gasteiger partial charge is 0.153 e. The normalized spacial score (nSPS) is 13.9. The average Bonchev–Trinajstić information content (AvgIpc) is 2.48. The Labute approximate surface area is 127 Å². The fourth-order valence-electron chi connectivity index (χ4n) is 2.08. The molecule has 0 aliphatic heterocycles. The van der Waals surface area contributed by atoms with E-state index < -0.39 is 5.60 Å². The van der Waals surface area contributed by atoms with E-state index in [1.807, 2.05) is 49.1 Å². The molecule has 0 radical (unpaired) electrons. The molecule has 0 fully saturated rings. The predicted molar refractivity (Wildman–Crippen MR) is 83.6 cm³/mol. The van der Waals surface area contributed by atoms with Crippen LogP contribution in [0.2, 0.25) is 0 Å².